The lowest BCUT2D eigenvalue weighted by Gasteiger charge is -2.13. The number of nitrogens with one attached hydrogen (secondary N) is 2. The van der Waals surface area contributed by atoms with E-state index in [1.54, 1.807) is 25.3 Å². The maximum absolute atomic E-state index is 12.4. The Bertz CT molecular complexity index is 952. The number of alkyl halides is 3. The van der Waals surface area contributed by atoms with E-state index in [1.165, 1.54) is 31.4 Å². The monoisotopic (exact) mass is 379 g/mol. The number of carbonyl (C=O) groups excluding carboxylic acids is 1. The van der Waals surface area contributed by atoms with Gasteiger partial charge in [0.2, 0.25) is 0 Å². The Balaban J connectivity index is 1.74. The highest BCUT2D eigenvalue weighted by atomic mass is 19.4. The van der Waals surface area contributed by atoms with E-state index in [9.17, 15) is 18.0 Å². The summed E-state index contributed by atoms with van der Waals surface area (Å²) in [6.07, 6.45) is -3.23. The molecule has 0 saturated heterocycles. The summed E-state index contributed by atoms with van der Waals surface area (Å²) in [5.74, 6) is -0.156. The van der Waals surface area contributed by atoms with E-state index in [0.717, 1.165) is 0 Å². The highest BCUT2D eigenvalue weighted by Crippen LogP contribution is 2.27. The molecular formula is C18H16F3N3O3. The molecule has 0 aliphatic heterocycles. The van der Waals surface area contributed by atoms with Crippen LogP contribution in [0.1, 0.15) is 29.1 Å². The average Bonchev–Trinajstić information content (AvgIpc) is 3.04. The molecule has 3 rings (SSSR count). The number of hydrogen-bond donors (Lipinski definition) is 2. The van der Waals surface area contributed by atoms with Crippen LogP contribution in [0.3, 0.4) is 0 Å². The number of aromatic nitrogens is 2. The Morgan fingerprint density at radius 2 is 1.93 bits per heavy atom. The van der Waals surface area contributed by atoms with Gasteiger partial charge in [0.15, 0.2) is 0 Å². The zero-order chi connectivity index (χ0) is 19.6. The van der Waals surface area contributed by atoms with Crippen LogP contribution < -0.4 is 14.8 Å². The Morgan fingerprint density at radius 3 is 2.56 bits per heavy atom. The van der Waals surface area contributed by atoms with Gasteiger partial charge in [-0.15, -0.1) is 13.2 Å². The maximum Gasteiger partial charge on any atom is 0.573 e. The summed E-state index contributed by atoms with van der Waals surface area (Å²) in [5, 5.41) is 3.21. The Kier molecular flexibility index (Phi) is 4.93. The fourth-order valence-corrected chi connectivity index (χ4v) is 2.55. The van der Waals surface area contributed by atoms with E-state index in [1.807, 2.05) is 0 Å². The summed E-state index contributed by atoms with van der Waals surface area (Å²) in [6, 6.07) is 8.36. The molecule has 3 aromatic rings. The predicted octanol–water partition coefficient (Wildman–Crippen LogP) is 3.96. The molecule has 2 aromatic heterocycles. The number of carbonyl (C=O) groups is 1. The summed E-state index contributed by atoms with van der Waals surface area (Å²) < 4.78 is 45.9. The van der Waals surface area contributed by atoms with Crippen molar-refractivity contribution < 1.29 is 27.4 Å². The largest absolute Gasteiger partial charge is 0.573 e. The first kappa shape index (κ1) is 18.6. The number of H-pyrrole nitrogens is 1. The minimum Gasteiger partial charge on any atom is -0.495 e. The van der Waals surface area contributed by atoms with Crippen molar-refractivity contribution in [3.05, 3.63) is 54.0 Å². The molecule has 1 aromatic carbocycles. The topological polar surface area (TPSA) is 76.2 Å². The second-order valence-electron chi connectivity index (χ2n) is 5.80. The van der Waals surface area contributed by atoms with E-state index >= 15 is 0 Å². The second kappa shape index (κ2) is 7.18. The van der Waals surface area contributed by atoms with Crippen LogP contribution in [0.2, 0.25) is 0 Å². The minimum absolute atomic E-state index is 0.217. The van der Waals surface area contributed by atoms with Gasteiger partial charge in [-0.05, 0) is 43.3 Å². The molecule has 0 spiro atoms. The summed E-state index contributed by atoms with van der Waals surface area (Å²) >= 11 is 0. The van der Waals surface area contributed by atoms with Gasteiger partial charge in [-0.1, -0.05) is 0 Å². The summed E-state index contributed by atoms with van der Waals surface area (Å²) in [7, 11) is 1.53. The number of fused-ring (bicyclic) bond motifs is 1. The van der Waals surface area contributed by atoms with Crippen molar-refractivity contribution in [3.8, 4) is 11.5 Å². The number of ether oxygens (including phenoxy) is 2. The number of hydrogen-bond acceptors (Lipinski definition) is 4. The van der Waals surface area contributed by atoms with E-state index in [2.05, 4.69) is 20.0 Å². The third-order valence-electron chi connectivity index (χ3n) is 3.86. The molecule has 1 amide bonds. The number of halogens is 3. The average molecular weight is 379 g/mol. The summed E-state index contributed by atoms with van der Waals surface area (Å²) in [4.78, 5) is 19.5. The van der Waals surface area contributed by atoms with Crippen LogP contribution in [0, 0.1) is 0 Å². The molecule has 2 N–H and O–H groups in total. The van der Waals surface area contributed by atoms with Gasteiger partial charge < -0.3 is 19.8 Å². The highest BCUT2D eigenvalue weighted by Gasteiger charge is 2.31. The van der Waals surface area contributed by atoms with Gasteiger partial charge in [-0.3, -0.25) is 9.78 Å². The second-order valence-corrected chi connectivity index (χ2v) is 5.80. The van der Waals surface area contributed by atoms with Gasteiger partial charge in [0, 0.05) is 10.9 Å². The molecule has 1 atom stereocenters. The molecule has 0 aliphatic carbocycles. The lowest BCUT2D eigenvalue weighted by atomic mass is 10.2. The van der Waals surface area contributed by atoms with Gasteiger partial charge in [-0.2, -0.15) is 0 Å². The maximum atomic E-state index is 12.4. The molecule has 142 valence electrons. The number of pyridine rings is 1. The number of aromatic amines is 1. The van der Waals surface area contributed by atoms with Gasteiger partial charge in [0.05, 0.1) is 25.0 Å². The molecule has 27 heavy (non-hydrogen) atoms. The third kappa shape index (κ3) is 4.49. The van der Waals surface area contributed by atoms with Crippen molar-refractivity contribution in [2.45, 2.75) is 19.3 Å². The van der Waals surface area contributed by atoms with Crippen molar-refractivity contribution >= 4 is 16.8 Å². The number of amides is 1. The van der Waals surface area contributed by atoms with E-state index < -0.39 is 12.3 Å². The fourth-order valence-electron chi connectivity index (χ4n) is 2.55. The van der Waals surface area contributed by atoms with Crippen LogP contribution in [-0.4, -0.2) is 29.3 Å². The molecule has 0 saturated carbocycles. The Morgan fingerprint density at radius 1 is 1.19 bits per heavy atom. The quantitative estimate of drug-likeness (QED) is 0.704. The summed E-state index contributed by atoms with van der Waals surface area (Å²) in [6.45, 7) is 1.77. The molecule has 1 unspecified atom stereocenters. The van der Waals surface area contributed by atoms with Crippen molar-refractivity contribution in [1.82, 2.24) is 15.3 Å². The summed E-state index contributed by atoms with van der Waals surface area (Å²) in [5.41, 5.74) is 1.38. The number of rotatable bonds is 5. The lowest BCUT2D eigenvalue weighted by molar-refractivity contribution is -0.274. The van der Waals surface area contributed by atoms with Crippen LogP contribution in [0.4, 0.5) is 13.2 Å². The first-order chi connectivity index (χ1) is 12.7. The van der Waals surface area contributed by atoms with E-state index in [4.69, 9.17) is 4.74 Å². The van der Waals surface area contributed by atoms with Gasteiger partial charge in [0.1, 0.15) is 17.2 Å². The van der Waals surface area contributed by atoms with Crippen LogP contribution in [0.25, 0.3) is 10.9 Å². The zero-order valence-corrected chi connectivity index (χ0v) is 14.4. The van der Waals surface area contributed by atoms with Crippen molar-refractivity contribution in [3.63, 3.8) is 0 Å². The van der Waals surface area contributed by atoms with Crippen molar-refractivity contribution in [1.29, 1.82) is 0 Å². The standard InChI is InChI=1S/C18H16F3N3O3/c1-10(14-5-4-13(26-2)9-22-14)23-17(25)16-8-11-7-12(27-18(19,20)21)3-6-15(11)24-16/h3-10,24H,1-2H3,(H,23,25). The highest BCUT2D eigenvalue weighted by molar-refractivity contribution is 5.98. The van der Waals surface area contributed by atoms with Crippen molar-refractivity contribution in [2.75, 3.05) is 7.11 Å². The zero-order valence-electron chi connectivity index (χ0n) is 14.4. The predicted molar refractivity (Wildman–Crippen MR) is 91.7 cm³/mol. The molecule has 0 bridgehead atoms. The van der Waals surface area contributed by atoms with Crippen LogP contribution >= 0.6 is 0 Å². The lowest BCUT2D eigenvalue weighted by Crippen LogP contribution is -2.27. The van der Waals surface area contributed by atoms with Crippen LogP contribution in [0.15, 0.2) is 42.6 Å². The fraction of sp³-hybridized carbons (Fsp3) is 0.222. The van der Waals surface area contributed by atoms with Gasteiger partial charge in [-0.25, -0.2) is 0 Å². The molecule has 6 nitrogen and oxygen atoms in total. The number of benzene rings is 1. The molecule has 0 fully saturated rings. The minimum atomic E-state index is -4.77. The Hall–Kier alpha value is -3.23. The molecule has 2 heterocycles. The SMILES string of the molecule is COc1ccc(C(C)NC(=O)c2cc3cc(OC(F)(F)F)ccc3[nH]2)nc1. The molecule has 9 heteroatoms. The Labute approximate surface area is 152 Å². The smallest absolute Gasteiger partial charge is 0.495 e. The molecule has 0 radical (unpaired) electrons. The first-order valence-electron chi connectivity index (χ1n) is 7.94. The first-order valence-corrected chi connectivity index (χ1v) is 7.94. The van der Waals surface area contributed by atoms with Crippen LogP contribution in [0.5, 0.6) is 11.5 Å². The van der Waals surface area contributed by atoms with Gasteiger partial charge >= 0.3 is 6.36 Å². The molecular weight excluding hydrogens is 363 g/mol. The normalized spacial score (nSPS) is 12.6. The third-order valence-corrected chi connectivity index (χ3v) is 3.86. The number of nitrogens with zero attached hydrogens (tertiary/aromatic N) is 1. The molecule has 0 aliphatic rings. The van der Waals surface area contributed by atoms with Crippen molar-refractivity contribution in [2.24, 2.45) is 0 Å². The van der Waals surface area contributed by atoms with E-state index in [-0.39, 0.29) is 17.5 Å². The number of methoxy groups -OCH3 is 1. The van der Waals surface area contributed by atoms with Gasteiger partial charge in [0.25, 0.3) is 5.91 Å². The van der Waals surface area contributed by atoms with E-state index in [0.29, 0.717) is 22.3 Å². The van der Waals surface area contributed by atoms with Crippen LogP contribution in [-0.2, 0) is 0 Å².